The molecule has 0 aromatic heterocycles. The van der Waals surface area contributed by atoms with E-state index in [1.165, 1.54) is 0 Å². The number of phenolic OH excluding ortho intramolecular Hbond substituents is 1. The van der Waals surface area contributed by atoms with Gasteiger partial charge in [0.2, 0.25) is 0 Å². The van der Waals surface area contributed by atoms with Crippen LogP contribution in [0.1, 0.15) is 23.6 Å². The Labute approximate surface area is 189 Å². The Hall–Kier alpha value is -3.73. The van der Waals surface area contributed by atoms with E-state index in [4.69, 9.17) is 4.74 Å². The van der Waals surface area contributed by atoms with Crippen LogP contribution in [-0.4, -0.2) is 50.5 Å². The molecule has 0 aliphatic rings. The van der Waals surface area contributed by atoms with Crippen molar-refractivity contribution >= 4 is 18.6 Å². The van der Waals surface area contributed by atoms with Crippen LogP contribution in [0.5, 0.6) is 11.5 Å². The third kappa shape index (κ3) is 7.20. The Bertz CT molecular complexity index is 1010. The van der Waals surface area contributed by atoms with Crippen LogP contribution in [0.2, 0.25) is 0 Å². The minimum Gasteiger partial charge on any atom is -0.507 e. The van der Waals surface area contributed by atoms with Crippen LogP contribution in [0.4, 0.5) is 0 Å². The van der Waals surface area contributed by atoms with E-state index in [1.54, 1.807) is 31.5 Å². The average Bonchev–Trinajstić information content (AvgIpc) is 2.82. The van der Waals surface area contributed by atoms with Gasteiger partial charge in [0.25, 0.3) is 0 Å². The summed E-state index contributed by atoms with van der Waals surface area (Å²) in [5, 5.41) is 10.1. The van der Waals surface area contributed by atoms with Gasteiger partial charge in [-0.25, -0.2) is 0 Å². The van der Waals surface area contributed by atoms with E-state index in [2.05, 4.69) is 21.9 Å². The molecule has 0 unspecified atom stereocenters. The number of aliphatic imine (C=N–C) groups is 3. The fourth-order valence-electron chi connectivity index (χ4n) is 3.10. The quantitative estimate of drug-likeness (QED) is 0.459. The van der Waals surface area contributed by atoms with Crippen molar-refractivity contribution in [2.45, 2.75) is 6.92 Å². The molecule has 0 atom stereocenters. The van der Waals surface area contributed by atoms with Crippen molar-refractivity contribution in [3.63, 3.8) is 0 Å². The Morgan fingerprint density at radius 1 is 0.750 bits per heavy atom. The fourth-order valence-corrected chi connectivity index (χ4v) is 3.10. The molecule has 0 aliphatic heterocycles. The Balaban J connectivity index is 1.72. The number of ether oxygens (including phenoxy) is 1. The van der Waals surface area contributed by atoms with Gasteiger partial charge in [0.05, 0.1) is 7.11 Å². The lowest BCUT2D eigenvalue weighted by Crippen LogP contribution is -2.28. The summed E-state index contributed by atoms with van der Waals surface area (Å²) < 4.78 is 5.24. The lowest BCUT2D eigenvalue weighted by molar-refractivity contribution is 0.366. The molecule has 0 aliphatic carbocycles. The van der Waals surface area contributed by atoms with Gasteiger partial charge in [-0.15, -0.1) is 0 Å². The molecular weight excluding hydrogens is 398 g/mol. The average molecular weight is 428 g/mol. The Kier molecular flexibility index (Phi) is 8.32. The maximum atomic E-state index is 10.1. The van der Waals surface area contributed by atoms with Gasteiger partial charge in [-0.2, -0.15) is 0 Å². The van der Waals surface area contributed by atoms with Gasteiger partial charge in [0.15, 0.2) is 0 Å². The molecule has 0 saturated heterocycles. The number of hydrogen-bond donors (Lipinski definition) is 1. The van der Waals surface area contributed by atoms with Crippen LogP contribution in [0, 0.1) is 5.41 Å². The Morgan fingerprint density at radius 3 is 1.75 bits per heavy atom. The van der Waals surface area contributed by atoms with Gasteiger partial charge in [-0.1, -0.05) is 67.6 Å². The van der Waals surface area contributed by atoms with Gasteiger partial charge in [0.1, 0.15) is 11.5 Å². The number of methoxy groups -OCH3 is 1. The van der Waals surface area contributed by atoms with Crippen LogP contribution in [0.15, 0.2) is 93.8 Å². The van der Waals surface area contributed by atoms with Crippen molar-refractivity contribution in [1.82, 2.24) is 0 Å². The van der Waals surface area contributed by atoms with E-state index in [-0.39, 0.29) is 11.2 Å². The van der Waals surface area contributed by atoms with E-state index >= 15 is 0 Å². The number of nitrogens with zero attached hydrogens (tertiary/aromatic N) is 3. The van der Waals surface area contributed by atoms with E-state index in [0.717, 1.165) is 11.1 Å². The molecule has 3 rings (SSSR count). The Morgan fingerprint density at radius 2 is 1.25 bits per heavy atom. The monoisotopic (exact) mass is 427 g/mol. The minimum atomic E-state index is -0.276. The second-order valence-corrected chi connectivity index (χ2v) is 7.97. The minimum absolute atomic E-state index is 0.167. The summed E-state index contributed by atoms with van der Waals surface area (Å²) in [7, 11) is 1.60. The summed E-state index contributed by atoms with van der Waals surface area (Å²) in [4.78, 5) is 13.9. The van der Waals surface area contributed by atoms with Crippen LogP contribution < -0.4 is 4.74 Å². The molecular formula is C27H29N3O2. The lowest BCUT2D eigenvalue weighted by Gasteiger charge is -2.23. The van der Waals surface area contributed by atoms with E-state index in [0.29, 0.717) is 30.9 Å². The molecule has 1 N–H and O–H groups in total. The smallest absolute Gasteiger partial charge is 0.124 e. The fraction of sp³-hybridized carbons (Fsp3) is 0.222. The van der Waals surface area contributed by atoms with Crippen LogP contribution in [0.3, 0.4) is 0 Å². The number of benzene rings is 3. The van der Waals surface area contributed by atoms with Gasteiger partial charge < -0.3 is 9.84 Å². The summed E-state index contributed by atoms with van der Waals surface area (Å²) >= 11 is 0. The summed E-state index contributed by atoms with van der Waals surface area (Å²) in [6, 6.07) is 25.1. The second-order valence-electron chi connectivity index (χ2n) is 7.97. The molecule has 0 fully saturated rings. The first-order chi connectivity index (χ1) is 15.6. The molecule has 0 heterocycles. The summed E-state index contributed by atoms with van der Waals surface area (Å²) in [6.45, 7) is 3.80. The summed E-state index contributed by atoms with van der Waals surface area (Å²) in [5.41, 5.74) is 2.47. The number of rotatable bonds is 10. The topological polar surface area (TPSA) is 66.5 Å². The van der Waals surface area contributed by atoms with Crippen LogP contribution in [0.25, 0.3) is 0 Å². The molecule has 0 saturated carbocycles. The maximum absolute atomic E-state index is 10.1. The molecule has 0 bridgehead atoms. The zero-order valence-electron chi connectivity index (χ0n) is 18.6. The SMILES string of the molecule is COc1ccc(O)c(C=NCC(C)(CN=Cc2ccccc2)CN=Cc2ccccc2)c1. The zero-order valence-corrected chi connectivity index (χ0v) is 18.6. The highest BCUT2D eigenvalue weighted by Gasteiger charge is 2.23. The first-order valence-electron chi connectivity index (χ1n) is 10.5. The summed E-state index contributed by atoms with van der Waals surface area (Å²) in [6.07, 6.45) is 5.45. The number of aromatic hydroxyl groups is 1. The van der Waals surface area contributed by atoms with E-state index < -0.39 is 0 Å². The van der Waals surface area contributed by atoms with Crippen LogP contribution in [-0.2, 0) is 0 Å². The molecule has 5 nitrogen and oxygen atoms in total. The first kappa shape index (κ1) is 22.9. The molecule has 32 heavy (non-hydrogen) atoms. The highest BCUT2D eigenvalue weighted by atomic mass is 16.5. The highest BCUT2D eigenvalue weighted by molar-refractivity contribution is 5.84. The second kappa shape index (κ2) is 11.6. The molecule has 3 aromatic carbocycles. The molecule has 0 radical (unpaired) electrons. The third-order valence-corrected chi connectivity index (χ3v) is 4.96. The van der Waals surface area contributed by atoms with Crippen LogP contribution >= 0.6 is 0 Å². The highest BCUT2D eigenvalue weighted by Crippen LogP contribution is 2.22. The molecule has 0 spiro atoms. The van der Waals surface area contributed by atoms with E-state index in [9.17, 15) is 5.11 Å². The predicted octanol–water partition coefficient (Wildman–Crippen LogP) is 5.06. The summed E-state index contributed by atoms with van der Waals surface area (Å²) in [5.74, 6) is 0.840. The molecule has 3 aromatic rings. The van der Waals surface area contributed by atoms with Crippen molar-refractivity contribution < 1.29 is 9.84 Å². The largest absolute Gasteiger partial charge is 0.507 e. The molecule has 0 amide bonds. The van der Waals surface area contributed by atoms with Crippen molar-refractivity contribution in [2.24, 2.45) is 20.4 Å². The molecule has 164 valence electrons. The van der Waals surface area contributed by atoms with Crippen molar-refractivity contribution in [1.29, 1.82) is 0 Å². The normalized spacial score (nSPS) is 13.7. The lowest BCUT2D eigenvalue weighted by atomic mass is 9.91. The zero-order chi connectivity index (χ0) is 22.7. The molecule has 5 heteroatoms. The van der Waals surface area contributed by atoms with Gasteiger partial charge in [0, 0.05) is 49.3 Å². The van der Waals surface area contributed by atoms with Gasteiger partial charge in [-0.05, 0) is 29.3 Å². The standard InChI is InChI=1S/C27H29N3O2/c1-27(19-28-16-22-9-5-3-6-10-22,20-29-17-23-11-7-4-8-12-23)21-30-18-24-15-25(32-2)13-14-26(24)31/h3-18,31H,19-21H2,1-2H3. The number of phenols is 1. The number of hydrogen-bond acceptors (Lipinski definition) is 5. The maximum Gasteiger partial charge on any atom is 0.124 e. The van der Waals surface area contributed by atoms with Crippen molar-refractivity contribution in [3.8, 4) is 11.5 Å². The van der Waals surface area contributed by atoms with E-state index in [1.807, 2.05) is 73.1 Å². The van der Waals surface area contributed by atoms with Gasteiger partial charge in [-0.3, -0.25) is 15.0 Å². The predicted molar refractivity (Wildman–Crippen MR) is 133 cm³/mol. The van der Waals surface area contributed by atoms with Gasteiger partial charge >= 0.3 is 0 Å². The van der Waals surface area contributed by atoms with Crippen molar-refractivity contribution in [2.75, 3.05) is 26.7 Å². The third-order valence-electron chi connectivity index (χ3n) is 4.96. The van der Waals surface area contributed by atoms with Crippen molar-refractivity contribution in [3.05, 3.63) is 95.6 Å². The first-order valence-corrected chi connectivity index (χ1v) is 10.5.